The lowest BCUT2D eigenvalue weighted by Gasteiger charge is -2.10. The number of pyridine rings is 1. The van der Waals surface area contributed by atoms with Crippen molar-refractivity contribution >= 4 is 20.9 Å². The van der Waals surface area contributed by atoms with E-state index in [4.69, 9.17) is 0 Å². The first kappa shape index (κ1) is 15.3. The summed E-state index contributed by atoms with van der Waals surface area (Å²) in [5.74, 6) is 0. The summed E-state index contributed by atoms with van der Waals surface area (Å²) >= 11 is 0. The van der Waals surface area contributed by atoms with E-state index in [1.54, 1.807) is 53.3 Å². The summed E-state index contributed by atoms with van der Waals surface area (Å²) in [6, 6.07) is 12.2. The van der Waals surface area contributed by atoms with Crippen molar-refractivity contribution in [3.63, 3.8) is 0 Å². The van der Waals surface area contributed by atoms with Gasteiger partial charge in [-0.2, -0.15) is 5.10 Å². The van der Waals surface area contributed by atoms with Gasteiger partial charge in [0.05, 0.1) is 16.8 Å². The Hall–Kier alpha value is -2.25. The van der Waals surface area contributed by atoms with Crippen LogP contribution in [0.3, 0.4) is 0 Å². The molecule has 3 heterocycles. The van der Waals surface area contributed by atoms with E-state index in [0.29, 0.717) is 23.6 Å². The highest BCUT2D eigenvalue weighted by Crippen LogP contribution is 2.27. The topological polar surface area (TPSA) is 76.9 Å². The molecule has 3 aromatic rings. The van der Waals surface area contributed by atoms with Crippen molar-refractivity contribution in [1.29, 1.82) is 0 Å². The van der Waals surface area contributed by atoms with Gasteiger partial charge < -0.3 is 5.32 Å². The zero-order valence-corrected chi connectivity index (χ0v) is 13.9. The fourth-order valence-electron chi connectivity index (χ4n) is 3.14. The predicted molar refractivity (Wildman–Crippen MR) is 90.4 cm³/mol. The van der Waals surface area contributed by atoms with Gasteiger partial charge in [0.15, 0.2) is 10.7 Å². The van der Waals surface area contributed by atoms with Crippen molar-refractivity contribution in [1.82, 2.24) is 20.1 Å². The number of nitrogens with one attached hydrogen (secondary N) is 1. The van der Waals surface area contributed by atoms with Crippen molar-refractivity contribution in [2.24, 2.45) is 0 Å². The Kier molecular flexibility index (Phi) is 3.82. The fourth-order valence-corrected chi connectivity index (χ4v) is 4.53. The second-order valence-corrected chi connectivity index (χ2v) is 7.84. The zero-order chi connectivity index (χ0) is 16.6. The van der Waals surface area contributed by atoms with Crippen LogP contribution in [0.2, 0.25) is 0 Å². The highest BCUT2D eigenvalue weighted by atomic mass is 32.2. The number of benzene rings is 1. The minimum absolute atomic E-state index is 0.0785. The molecule has 4 rings (SSSR count). The third-order valence-corrected chi connectivity index (χ3v) is 6.04. The van der Waals surface area contributed by atoms with Gasteiger partial charge in [0.25, 0.3) is 0 Å². The predicted octanol–water partition coefficient (Wildman–Crippen LogP) is 2.02. The molecule has 1 aliphatic heterocycles. The molecule has 0 unspecified atom stereocenters. The summed E-state index contributed by atoms with van der Waals surface area (Å²) in [6.07, 6.45) is 3.86. The molecule has 2 aromatic heterocycles. The van der Waals surface area contributed by atoms with Gasteiger partial charge >= 0.3 is 0 Å². The molecule has 1 N–H and O–H groups in total. The van der Waals surface area contributed by atoms with Crippen LogP contribution in [0.1, 0.15) is 12.8 Å². The van der Waals surface area contributed by atoms with E-state index in [2.05, 4.69) is 15.4 Å². The smallest absolute Gasteiger partial charge is 0.226 e. The van der Waals surface area contributed by atoms with Crippen LogP contribution in [-0.2, 0) is 16.4 Å². The number of nitrogens with zero attached hydrogens (tertiary/aromatic N) is 3. The summed E-state index contributed by atoms with van der Waals surface area (Å²) in [7, 11) is -3.67. The molecule has 0 spiro atoms. The van der Waals surface area contributed by atoms with E-state index in [9.17, 15) is 8.42 Å². The summed E-state index contributed by atoms with van der Waals surface area (Å²) in [6.45, 7) is 1.62. The molecule has 1 saturated heterocycles. The Bertz CT molecular complexity index is 961. The summed E-state index contributed by atoms with van der Waals surface area (Å²) < 4.78 is 27.7. The minimum Gasteiger partial charge on any atom is -0.312 e. The van der Waals surface area contributed by atoms with Crippen LogP contribution in [0.5, 0.6) is 0 Å². The maximum Gasteiger partial charge on any atom is 0.226 e. The molecule has 24 heavy (non-hydrogen) atoms. The van der Waals surface area contributed by atoms with Gasteiger partial charge in [0.1, 0.15) is 0 Å². The van der Waals surface area contributed by atoms with Crippen molar-refractivity contribution < 1.29 is 8.42 Å². The van der Waals surface area contributed by atoms with Gasteiger partial charge in [0, 0.05) is 12.2 Å². The molecular formula is C17H18N4O2S. The molecule has 6 nitrogen and oxygen atoms in total. The van der Waals surface area contributed by atoms with Crippen molar-refractivity contribution in [2.75, 3.05) is 6.54 Å². The lowest BCUT2D eigenvalue weighted by molar-refractivity contribution is 0.476. The van der Waals surface area contributed by atoms with E-state index >= 15 is 0 Å². The monoisotopic (exact) mass is 342 g/mol. The first-order valence-electron chi connectivity index (χ1n) is 8.01. The fraction of sp³-hybridized carbons (Fsp3) is 0.294. The number of aromatic nitrogens is 3. The van der Waals surface area contributed by atoms with Crippen LogP contribution < -0.4 is 5.32 Å². The minimum atomic E-state index is -3.67. The Morgan fingerprint density at radius 2 is 2.00 bits per heavy atom. The highest BCUT2D eigenvalue weighted by Gasteiger charge is 2.26. The normalized spacial score (nSPS) is 18.2. The molecule has 0 saturated carbocycles. The van der Waals surface area contributed by atoms with E-state index in [-0.39, 0.29) is 9.92 Å². The quantitative estimate of drug-likeness (QED) is 0.785. The van der Waals surface area contributed by atoms with E-state index in [1.807, 2.05) is 0 Å². The van der Waals surface area contributed by atoms with E-state index in [1.165, 1.54) is 0 Å². The molecule has 7 heteroatoms. The zero-order valence-electron chi connectivity index (χ0n) is 13.1. The van der Waals surface area contributed by atoms with Gasteiger partial charge in [-0.3, -0.25) is 0 Å². The number of rotatable bonds is 4. The maximum atomic E-state index is 13.0. The van der Waals surface area contributed by atoms with Gasteiger partial charge in [-0.25, -0.2) is 18.1 Å². The van der Waals surface area contributed by atoms with Gasteiger partial charge in [-0.15, -0.1) is 0 Å². The number of fused-ring (bicyclic) bond motifs is 1. The third-order valence-electron chi connectivity index (χ3n) is 4.34. The molecule has 1 fully saturated rings. The molecule has 124 valence electrons. The standard InChI is InChI=1S/C17H18N4O2S/c22-24(23,14-7-2-1-3-8-14)17-15-9-5-11-19-16(15)21(20-17)12-13-6-4-10-18-13/h1-3,5,7-9,11,13,18H,4,6,10,12H2/t13-/m1/s1. The van der Waals surface area contributed by atoms with Crippen LogP contribution in [0.25, 0.3) is 11.0 Å². The van der Waals surface area contributed by atoms with Crippen LogP contribution in [0.15, 0.2) is 58.6 Å². The summed E-state index contributed by atoms with van der Waals surface area (Å²) in [5, 5.41) is 8.49. The largest absolute Gasteiger partial charge is 0.312 e. The van der Waals surface area contributed by atoms with Crippen molar-refractivity contribution in [3.8, 4) is 0 Å². The summed E-state index contributed by atoms with van der Waals surface area (Å²) in [5.41, 5.74) is 0.612. The average molecular weight is 342 g/mol. The van der Waals surface area contributed by atoms with Gasteiger partial charge in [0.2, 0.25) is 9.84 Å². The Morgan fingerprint density at radius 1 is 1.17 bits per heavy atom. The number of sulfone groups is 1. The Balaban J connectivity index is 1.84. The van der Waals surface area contributed by atoms with Crippen molar-refractivity contribution in [3.05, 3.63) is 48.7 Å². The van der Waals surface area contributed by atoms with Gasteiger partial charge in [-0.1, -0.05) is 18.2 Å². The van der Waals surface area contributed by atoms with E-state index < -0.39 is 9.84 Å². The van der Waals surface area contributed by atoms with Crippen molar-refractivity contribution in [2.45, 2.75) is 35.3 Å². The van der Waals surface area contributed by atoms with E-state index in [0.717, 1.165) is 19.4 Å². The van der Waals surface area contributed by atoms with Gasteiger partial charge in [-0.05, 0) is 43.7 Å². The number of hydrogen-bond donors (Lipinski definition) is 1. The summed E-state index contributed by atoms with van der Waals surface area (Å²) in [4.78, 5) is 4.61. The first-order valence-corrected chi connectivity index (χ1v) is 9.49. The molecule has 0 radical (unpaired) electrons. The van der Waals surface area contributed by atoms with Crippen LogP contribution in [0.4, 0.5) is 0 Å². The molecule has 0 bridgehead atoms. The number of hydrogen-bond acceptors (Lipinski definition) is 5. The molecular weight excluding hydrogens is 324 g/mol. The second kappa shape index (κ2) is 5.99. The molecule has 0 amide bonds. The molecule has 1 aromatic carbocycles. The second-order valence-electron chi connectivity index (χ2n) is 5.97. The first-order chi connectivity index (χ1) is 11.7. The SMILES string of the molecule is O=S(=O)(c1ccccc1)c1nn(C[C@H]2CCCN2)c2ncccc12. The third kappa shape index (κ3) is 2.59. The van der Waals surface area contributed by atoms with Crippen LogP contribution >= 0.6 is 0 Å². The lowest BCUT2D eigenvalue weighted by atomic mass is 10.2. The molecule has 1 aliphatic rings. The average Bonchev–Trinajstić information content (AvgIpc) is 3.25. The lowest BCUT2D eigenvalue weighted by Crippen LogP contribution is -2.27. The molecule has 0 aliphatic carbocycles. The maximum absolute atomic E-state index is 13.0. The molecule has 1 atom stereocenters. The Morgan fingerprint density at radius 3 is 2.75 bits per heavy atom. The van der Waals surface area contributed by atoms with Crippen LogP contribution in [0, 0.1) is 0 Å². The van der Waals surface area contributed by atoms with Crippen LogP contribution in [-0.4, -0.2) is 35.8 Å². The Labute approximate surface area is 140 Å². The highest BCUT2D eigenvalue weighted by molar-refractivity contribution is 7.91.